The Labute approximate surface area is 337 Å². The van der Waals surface area contributed by atoms with Crippen molar-refractivity contribution in [3.05, 3.63) is 71.3 Å². The molecular formula is C42H49ClN10O4. The highest BCUT2D eigenvalue weighted by molar-refractivity contribution is 6.31. The summed E-state index contributed by atoms with van der Waals surface area (Å²) in [6.45, 7) is 13.6. The fourth-order valence-electron chi connectivity index (χ4n) is 9.89. The highest BCUT2D eigenvalue weighted by Crippen LogP contribution is 2.55. The summed E-state index contributed by atoms with van der Waals surface area (Å²) in [7, 11) is 0. The number of imide groups is 1. The average molecular weight is 793 g/mol. The SMILES string of the molecule is CC1(C)[C@H](NC(=O)c2ccc(N3CCC(CN4CCC(n5ccc6c(N7CCC(=O)NC7=O)cncc65)CC4)CC3)nn2)C(C)(C)[C@H]1Oc1ccc(C#N)c(Cl)c1. The second kappa shape index (κ2) is 15.2. The van der Waals surface area contributed by atoms with Crippen LogP contribution in [-0.2, 0) is 4.79 Å². The molecule has 14 nitrogen and oxygen atoms in total. The molecule has 1 aliphatic carbocycles. The summed E-state index contributed by atoms with van der Waals surface area (Å²) in [5.41, 5.74) is 1.66. The highest BCUT2D eigenvalue weighted by atomic mass is 35.5. The molecule has 3 aliphatic heterocycles. The zero-order valence-electron chi connectivity index (χ0n) is 32.9. The van der Waals surface area contributed by atoms with Gasteiger partial charge in [0.1, 0.15) is 17.9 Å². The number of carbonyl (C=O) groups is 3. The molecule has 0 spiro atoms. The molecule has 4 aliphatic rings. The number of benzene rings is 1. The molecular weight excluding hydrogens is 744 g/mol. The van der Waals surface area contributed by atoms with E-state index in [0.29, 0.717) is 34.8 Å². The molecule has 4 fully saturated rings. The number of pyridine rings is 1. The zero-order chi connectivity index (χ0) is 40.1. The van der Waals surface area contributed by atoms with E-state index >= 15 is 0 Å². The lowest BCUT2D eigenvalue weighted by Gasteiger charge is -2.63. The predicted octanol–water partition coefficient (Wildman–Crippen LogP) is 5.96. The molecule has 4 aromatic rings. The average Bonchev–Trinajstić information content (AvgIpc) is 3.64. The van der Waals surface area contributed by atoms with Crippen LogP contribution in [0.25, 0.3) is 10.9 Å². The minimum Gasteiger partial charge on any atom is -0.489 e. The number of rotatable bonds is 9. The van der Waals surface area contributed by atoms with Crippen LogP contribution in [0.1, 0.15) is 81.9 Å². The maximum Gasteiger partial charge on any atom is 0.328 e. The van der Waals surface area contributed by atoms with E-state index in [-0.39, 0.29) is 46.9 Å². The third-order valence-electron chi connectivity index (χ3n) is 12.7. The first-order valence-corrected chi connectivity index (χ1v) is 20.3. The summed E-state index contributed by atoms with van der Waals surface area (Å²) in [5, 5.41) is 25.0. The molecule has 8 rings (SSSR count). The summed E-state index contributed by atoms with van der Waals surface area (Å²) in [6.07, 6.45) is 9.99. The second-order valence-corrected chi connectivity index (χ2v) is 17.5. The van der Waals surface area contributed by atoms with Crippen LogP contribution in [0.2, 0.25) is 5.02 Å². The zero-order valence-corrected chi connectivity index (χ0v) is 33.6. The van der Waals surface area contributed by atoms with Gasteiger partial charge in [-0.05, 0) is 61.9 Å². The molecule has 4 amide bonds. The Kier molecular flexibility index (Phi) is 10.3. The van der Waals surface area contributed by atoms with Gasteiger partial charge in [-0.25, -0.2) is 4.79 Å². The number of halogens is 1. The largest absolute Gasteiger partial charge is 0.489 e. The second-order valence-electron chi connectivity index (χ2n) is 17.1. The van der Waals surface area contributed by atoms with Gasteiger partial charge in [0.25, 0.3) is 5.91 Å². The summed E-state index contributed by atoms with van der Waals surface area (Å²) in [6, 6.07) is 12.6. The van der Waals surface area contributed by atoms with Crippen molar-refractivity contribution in [2.24, 2.45) is 16.7 Å². The fourth-order valence-corrected chi connectivity index (χ4v) is 10.1. The summed E-state index contributed by atoms with van der Waals surface area (Å²) in [5.74, 6) is 1.47. The quantitative estimate of drug-likeness (QED) is 0.207. The van der Waals surface area contributed by atoms with Gasteiger partial charge >= 0.3 is 6.03 Å². The standard InChI is InChI=1S/C42H49ClN10O4/c1-41(2)38(42(3,4)39(41)57-29-6-5-27(22-44)31(43)21-29)47-37(55)32-7-8-35(49-48-32)51-17-9-26(10-18-51)25-50-15-11-28(12-16-50)52-19-13-30-33(52)23-45-24-34(30)53-20-14-36(54)46-40(53)56/h5-8,13,19,21,23-24,26,28,38-39H,9-12,14-18,20,25H2,1-4H3,(H,47,55)(H,46,54,56)/t38-,39-. The van der Waals surface area contributed by atoms with E-state index in [4.69, 9.17) is 16.3 Å². The van der Waals surface area contributed by atoms with Crippen LogP contribution in [0.15, 0.2) is 55.0 Å². The lowest BCUT2D eigenvalue weighted by molar-refractivity contribution is -0.164. The molecule has 3 aromatic heterocycles. The number of hydrogen-bond donors (Lipinski definition) is 2. The summed E-state index contributed by atoms with van der Waals surface area (Å²) < 4.78 is 8.67. The Balaban J connectivity index is 0.800. The van der Waals surface area contributed by atoms with Gasteiger partial charge in [-0.3, -0.25) is 24.8 Å². The third kappa shape index (κ3) is 7.39. The normalized spacial score (nSPS) is 22.8. The fraction of sp³-hybridized carbons (Fsp3) is 0.500. The maximum absolute atomic E-state index is 13.4. The monoisotopic (exact) mass is 792 g/mol. The minimum atomic E-state index is -0.396. The number of ether oxygens (including phenoxy) is 1. The first-order chi connectivity index (χ1) is 27.3. The molecule has 57 heavy (non-hydrogen) atoms. The Morgan fingerprint density at radius 2 is 1.74 bits per heavy atom. The predicted molar refractivity (Wildman–Crippen MR) is 216 cm³/mol. The van der Waals surface area contributed by atoms with Crippen molar-refractivity contribution in [1.29, 1.82) is 5.26 Å². The van der Waals surface area contributed by atoms with E-state index in [1.807, 2.05) is 12.3 Å². The van der Waals surface area contributed by atoms with E-state index in [2.05, 4.69) is 86.2 Å². The molecule has 6 heterocycles. The van der Waals surface area contributed by atoms with Gasteiger partial charge in [0.05, 0.1) is 34.2 Å². The molecule has 1 saturated carbocycles. The number of nitrogens with one attached hydrogen (secondary N) is 2. The van der Waals surface area contributed by atoms with Crippen molar-refractivity contribution in [3.8, 4) is 11.8 Å². The number of carbonyl (C=O) groups excluding carboxylic acids is 3. The van der Waals surface area contributed by atoms with Crippen LogP contribution in [0, 0.1) is 28.1 Å². The number of piperidine rings is 2. The van der Waals surface area contributed by atoms with Gasteiger partial charge in [-0.2, -0.15) is 5.26 Å². The Hall–Kier alpha value is -5.26. The van der Waals surface area contributed by atoms with E-state index in [0.717, 1.165) is 80.8 Å². The van der Waals surface area contributed by atoms with Gasteiger partial charge in [-0.15, -0.1) is 10.2 Å². The van der Waals surface area contributed by atoms with Gasteiger partial charge in [0.2, 0.25) is 5.91 Å². The van der Waals surface area contributed by atoms with Crippen molar-refractivity contribution < 1.29 is 19.1 Å². The number of nitriles is 1. The van der Waals surface area contributed by atoms with E-state index in [9.17, 15) is 19.6 Å². The van der Waals surface area contributed by atoms with Crippen LogP contribution in [0.3, 0.4) is 0 Å². The molecule has 2 N–H and O–H groups in total. The van der Waals surface area contributed by atoms with Crippen molar-refractivity contribution in [3.63, 3.8) is 0 Å². The van der Waals surface area contributed by atoms with Gasteiger partial charge in [0.15, 0.2) is 11.5 Å². The first-order valence-electron chi connectivity index (χ1n) is 19.9. The lowest BCUT2D eigenvalue weighted by Crippen LogP contribution is -2.74. The molecule has 0 unspecified atom stereocenters. The van der Waals surface area contributed by atoms with Crippen molar-refractivity contribution in [2.75, 3.05) is 49.1 Å². The Morgan fingerprint density at radius 3 is 2.40 bits per heavy atom. The van der Waals surface area contributed by atoms with E-state index < -0.39 is 6.03 Å². The summed E-state index contributed by atoms with van der Waals surface area (Å²) >= 11 is 6.25. The van der Waals surface area contributed by atoms with Crippen LogP contribution in [0.4, 0.5) is 16.3 Å². The third-order valence-corrected chi connectivity index (χ3v) is 13.0. The first kappa shape index (κ1) is 38.6. The van der Waals surface area contributed by atoms with Crippen LogP contribution in [0.5, 0.6) is 5.75 Å². The van der Waals surface area contributed by atoms with Crippen LogP contribution in [-0.4, -0.2) is 93.9 Å². The smallest absolute Gasteiger partial charge is 0.328 e. The molecule has 15 heteroatoms. The molecule has 0 atom stereocenters. The number of urea groups is 1. The van der Waals surface area contributed by atoms with Crippen molar-refractivity contribution >= 4 is 51.9 Å². The van der Waals surface area contributed by atoms with Gasteiger partial charge in [0, 0.05) is 86.3 Å². The Morgan fingerprint density at radius 1 is 0.982 bits per heavy atom. The lowest BCUT2D eigenvalue weighted by atomic mass is 9.49. The van der Waals surface area contributed by atoms with E-state index in [1.54, 1.807) is 35.4 Å². The molecule has 298 valence electrons. The topological polar surface area (TPSA) is 162 Å². The molecule has 3 saturated heterocycles. The number of aromatic nitrogens is 4. The van der Waals surface area contributed by atoms with Crippen molar-refractivity contribution in [2.45, 2.75) is 78.0 Å². The van der Waals surface area contributed by atoms with Crippen molar-refractivity contribution in [1.82, 2.24) is 35.3 Å². The summed E-state index contributed by atoms with van der Waals surface area (Å²) in [4.78, 5) is 48.6. The Bertz CT molecular complexity index is 2200. The molecule has 0 bridgehead atoms. The highest BCUT2D eigenvalue weighted by Gasteiger charge is 2.64. The van der Waals surface area contributed by atoms with Gasteiger partial charge < -0.3 is 24.4 Å². The molecule has 0 radical (unpaired) electrons. The number of hydrogen-bond acceptors (Lipinski definition) is 10. The van der Waals surface area contributed by atoms with Gasteiger partial charge in [-0.1, -0.05) is 39.3 Å². The molecule has 1 aromatic carbocycles. The number of amides is 4. The maximum atomic E-state index is 13.4. The minimum absolute atomic E-state index is 0.174. The number of anilines is 2. The number of likely N-dealkylation sites (tertiary alicyclic amines) is 1. The number of fused-ring (bicyclic) bond motifs is 1. The van der Waals surface area contributed by atoms with Crippen LogP contribution >= 0.6 is 11.6 Å². The van der Waals surface area contributed by atoms with E-state index in [1.165, 1.54) is 0 Å². The van der Waals surface area contributed by atoms with Crippen LogP contribution < -0.4 is 25.2 Å². The number of nitrogens with zero attached hydrogens (tertiary/aromatic N) is 8.